The second kappa shape index (κ2) is 38.5. The third-order valence-corrected chi connectivity index (χ3v) is 4.72. The van der Waals surface area contributed by atoms with E-state index in [0.29, 0.717) is 0 Å². The Balaban J connectivity index is -0.000000115. The van der Waals surface area contributed by atoms with Crippen LogP contribution in [0.1, 0.15) is 145 Å². The lowest BCUT2D eigenvalue weighted by Gasteiger charge is -2.19. The summed E-state index contributed by atoms with van der Waals surface area (Å²) in [5.74, 6) is 0. The zero-order valence-electron chi connectivity index (χ0n) is 25.7. The van der Waals surface area contributed by atoms with E-state index >= 15 is 0 Å². The molecule has 0 bridgehead atoms. The van der Waals surface area contributed by atoms with Crippen LogP contribution < -0.4 is 0 Å². The Morgan fingerprint density at radius 2 is 1.09 bits per heavy atom. The predicted molar refractivity (Wildman–Crippen MR) is 165 cm³/mol. The molecule has 0 spiro atoms. The Morgan fingerprint density at radius 1 is 0.735 bits per heavy atom. The van der Waals surface area contributed by atoms with Crippen LogP contribution in [0.15, 0.2) is 47.6 Å². The molecule has 1 aromatic carbocycles. The first-order valence-corrected chi connectivity index (χ1v) is 14.1. The molecule has 1 aliphatic rings. The number of unbranched alkanes of at least 4 members (excludes halogenated alkanes) is 2. The molecule has 0 atom stereocenters. The Bertz CT molecular complexity index is 516. The van der Waals surface area contributed by atoms with Crippen molar-refractivity contribution in [2.24, 2.45) is 0 Å². The van der Waals surface area contributed by atoms with Crippen molar-refractivity contribution in [3.05, 3.63) is 58.7 Å². The standard InChI is InChI=1S/C13H22.C8H10.C4H10.C3H8.2C2H6.C2H2/c1-4-5-8-11(2)13-10-7-6-9-12(13)3;1-7-3-5-8(2)6-4-7;1-3-4-2;1-3-2;3*1-2/h3-10H2,1-2H3;3-6H,1-2H3;3-4H2,1-2H3;3H2,1-2H3;2*1-2H3;1-2H/b13-11+;;;;;;. The van der Waals surface area contributed by atoms with Crippen LogP contribution in [0.4, 0.5) is 0 Å². The van der Waals surface area contributed by atoms with E-state index in [1.807, 2.05) is 27.7 Å². The molecule has 0 nitrogen and oxygen atoms in total. The van der Waals surface area contributed by atoms with Gasteiger partial charge in [0.05, 0.1) is 0 Å². The third kappa shape index (κ3) is 32.4. The summed E-state index contributed by atoms with van der Waals surface area (Å²) in [7, 11) is 0. The number of aryl methyl sites for hydroxylation is 2. The van der Waals surface area contributed by atoms with Crippen molar-refractivity contribution in [1.82, 2.24) is 0 Å². The minimum Gasteiger partial charge on any atom is -0.124 e. The molecule has 1 aliphatic carbocycles. The van der Waals surface area contributed by atoms with Crippen LogP contribution in [0.2, 0.25) is 0 Å². The lowest BCUT2D eigenvalue weighted by molar-refractivity contribution is 0.665. The number of allylic oxidation sites excluding steroid dienone is 3. The van der Waals surface area contributed by atoms with Gasteiger partial charge in [-0.3, -0.25) is 0 Å². The van der Waals surface area contributed by atoms with Crippen LogP contribution in [0.5, 0.6) is 0 Å². The van der Waals surface area contributed by atoms with Crippen LogP contribution in [0.25, 0.3) is 0 Å². The monoisotopic (exact) mass is 473 g/mol. The number of benzene rings is 1. The molecule has 0 aromatic heterocycles. The van der Waals surface area contributed by atoms with Crippen molar-refractivity contribution in [3.8, 4) is 12.8 Å². The lowest BCUT2D eigenvalue weighted by Crippen LogP contribution is -2.00. The zero-order valence-corrected chi connectivity index (χ0v) is 25.7. The minimum atomic E-state index is 1.23. The second-order valence-corrected chi connectivity index (χ2v) is 8.03. The smallest absolute Gasteiger partial charge is 0.0277 e. The van der Waals surface area contributed by atoms with E-state index < -0.39 is 0 Å². The van der Waals surface area contributed by atoms with Crippen LogP contribution in [0, 0.1) is 26.7 Å². The van der Waals surface area contributed by atoms with E-state index in [9.17, 15) is 0 Å². The summed E-state index contributed by atoms with van der Waals surface area (Å²) in [4.78, 5) is 0. The fraction of sp³-hybridized carbons (Fsp3) is 0.647. The molecule has 1 fully saturated rings. The number of rotatable bonds is 4. The third-order valence-electron chi connectivity index (χ3n) is 4.72. The topological polar surface area (TPSA) is 0 Å². The van der Waals surface area contributed by atoms with Gasteiger partial charge in [-0.25, -0.2) is 0 Å². The Morgan fingerprint density at radius 3 is 1.38 bits per heavy atom. The molecule has 0 amide bonds. The van der Waals surface area contributed by atoms with Crippen LogP contribution in [0.3, 0.4) is 0 Å². The van der Waals surface area contributed by atoms with Gasteiger partial charge in [-0.05, 0) is 64.9 Å². The second-order valence-electron chi connectivity index (χ2n) is 8.03. The van der Waals surface area contributed by atoms with Gasteiger partial charge in [0.2, 0.25) is 0 Å². The summed E-state index contributed by atoms with van der Waals surface area (Å²) in [6.45, 7) is 29.5. The molecule has 0 heteroatoms. The number of hydrogen-bond acceptors (Lipinski definition) is 0. The Labute approximate surface area is 218 Å². The van der Waals surface area contributed by atoms with E-state index in [1.54, 1.807) is 11.1 Å². The van der Waals surface area contributed by atoms with Gasteiger partial charge in [-0.1, -0.05) is 141 Å². The summed E-state index contributed by atoms with van der Waals surface area (Å²) in [6, 6.07) is 8.48. The molecule has 2 rings (SSSR count). The van der Waals surface area contributed by atoms with E-state index in [2.05, 4.69) is 99.1 Å². The maximum absolute atomic E-state index is 4.17. The van der Waals surface area contributed by atoms with Crippen LogP contribution in [-0.4, -0.2) is 0 Å². The lowest BCUT2D eigenvalue weighted by atomic mass is 9.86. The highest BCUT2D eigenvalue weighted by molar-refractivity contribution is 5.34. The van der Waals surface area contributed by atoms with E-state index in [-0.39, 0.29) is 0 Å². The molecule has 0 N–H and O–H groups in total. The van der Waals surface area contributed by atoms with E-state index in [0.717, 1.165) is 0 Å². The molecule has 0 unspecified atom stereocenters. The molecule has 1 saturated carbocycles. The molecule has 0 saturated heterocycles. The summed E-state index contributed by atoms with van der Waals surface area (Å²) in [5.41, 5.74) is 7.28. The molecule has 1 aromatic rings. The van der Waals surface area contributed by atoms with Crippen molar-refractivity contribution >= 4 is 0 Å². The van der Waals surface area contributed by atoms with Crippen molar-refractivity contribution in [2.45, 2.75) is 147 Å². The van der Waals surface area contributed by atoms with Gasteiger partial charge < -0.3 is 0 Å². The summed E-state index contributed by atoms with van der Waals surface area (Å²) in [5, 5.41) is 0. The highest BCUT2D eigenvalue weighted by Crippen LogP contribution is 2.31. The van der Waals surface area contributed by atoms with Crippen molar-refractivity contribution < 1.29 is 0 Å². The normalized spacial score (nSPS) is 12.4. The largest absolute Gasteiger partial charge is 0.124 e. The van der Waals surface area contributed by atoms with Gasteiger partial charge in [-0.15, -0.1) is 12.8 Å². The predicted octanol–water partition coefficient (Wildman–Crippen LogP) is 12.5. The minimum absolute atomic E-state index is 1.23. The van der Waals surface area contributed by atoms with E-state index in [1.165, 1.54) is 80.9 Å². The van der Waals surface area contributed by atoms with Gasteiger partial charge in [0, 0.05) is 0 Å². The highest BCUT2D eigenvalue weighted by Gasteiger charge is 2.11. The molecule has 200 valence electrons. The summed E-state index contributed by atoms with van der Waals surface area (Å²) in [6.07, 6.45) is 21.1. The van der Waals surface area contributed by atoms with Gasteiger partial charge in [0.15, 0.2) is 0 Å². The van der Waals surface area contributed by atoms with Crippen molar-refractivity contribution in [2.75, 3.05) is 0 Å². The highest BCUT2D eigenvalue weighted by atomic mass is 14.2. The first kappa shape index (κ1) is 42.4. The first-order valence-electron chi connectivity index (χ1n) is 14.1. The fourth-order valence-corrected chi connectivity index (χ4v) is 2.71. The summed E-state index contributed by atoms with van der Waals surface area (Å²) < 4.78 is 0. The Hall–Kier alpha value is -1.74. The van der Waals surface area contributed by atoms with Gasteiger partial charge >= 0.3 is 0 Å². The van der Waals surface area contributed by atoms with Crippen LogP contribution in [-0.2, 0) is 0 Å². The van der Waals surface area contributed by atoms with Gasteiger partial charge in [0.25, 0.3) is 0 Å². The first-order chi connectivity index (χ1) is 16.4. The Kier molecular flexibility index (Phi) is 48.1. The van der Waals surface area contributed by atoms with Crippen LogP contribution >= 0.6 is 0 Å². The maximum Gasteiger partial charge on any atom is -0.0277 e. The number of hydrogen-bond donors (Lipinski definition) is 0. The van der Waals surface area contributed by atoms with Gasteiger partial charge in [-0.2, -0.15) is 0 Å². The molecule has 0 radical (unpaired) electrons. The average molecular weight is 473 g/mol. The molecule has 0 aliphatic heterocycles. The quantitative estimate of drug-likeness (QED) is 0.382. The zero-order chi connectivity index (χ0) is 27.8. The van der Waals surface area contributed by atoms with Gasteiger partial charge in [0.1, 0.15) is 0 Å². The molecular weight excluding hydrogens is 408 g/mol. The van der Waals surface area contributed by atoms with Crippen molar-refractivity contribution in [3.63, 3.8) is 0 Å². The molecular formula is C34H64. The SMILES string of the molecule is C#C.C=C1CCCC/C1=C(/C)CCCC.CC.CC.CCC.CCCC.Cc1ccc(C)cc1. The maximum atomic E-state index is 4.17. The number of terminal acetylenes is 1. The van der Waals surface area contributed by atoms with E-state index in [4.69, 9.17) is 0 Å². The van der Waals surface area contributed by atoms with Crippen molar-refractivity contribution in [1.29, 1.82) is 0 Å². The molecule has 0 heterocycles. The average Bonchev–Trinajstić information content (AvgIpc) is 2.89. The fourth-order valence-electron chi connectivity index (χ4n) is 2.71. The molecule has 34 heavy (non-hydrogen) atoms. The summed E-state index contributed by atoms with van der Waals surface area (Å²) >= 11 is 0.